The first-order valence-electron chi connectivity index (χ1n) is 11.7. The first-order chi connectivity index (χ1) is 15.0. The van der Waals surface area contributed by atoms with E-state index in [1.54, 1.807) is 23.1 Å². The number of carbonyl (C=O) groups is 2. The summed E-state index contributed by atoms with van der Waals surface area (Å²) in [5, 5.41) is 2.90. The number of likely N-dealkylation sites (tertiary alicyclic amines) is 1. The zero-order valence-corrected chi connectivity index (χ0v) is 19.2. The molecule has 2 amide bonds. The smallest absolute Gasteiger partial charge is 0.238 e. The molecule has 7 nitrogen and oxygen atoms in total. The van der Waals surface area contributed by atoms with Crippen LogP contribution in [0.15, 0.2) is 18.2 Å². The van der Waals surface area contributed by atoms with Crippen molar-refractivity contribution in [1.29, 1.82) is 0 Å². The van der Waals surface area contributed by atoms with Crippen LogP contribution >= 0.6 is 0 Å². The van der Waals surface area contributed by atoms with Gasteiger partial charge in [-0.1, -0.05) is 12.8 Å². The molecule has 1 aromatic carbocycles. The summed E-state index contributed by atoms with van der Waals surface area (Å²) in [6, 6.07) is 5.77. The predicted octanol–water partition coefficient (Wildman–Crippen LogP) is 3.54. The molecule has 1 heterocycles. The number of benzene rings is 1. The monoisotopic (exact) mass is 431 g/mol. The lowest BCUT2D eigenvalue weighted by Crippen LogP contribution is -2.52. The minimum atomic E-state index is -0.156. The Bertz CT molecular complexity index is 752. The highest BCUT2D eigenvalue weighted by Gasteiger charge is 2.35. The molecule has 1 saturated carbocycles. The highest BCUT2D eigenvalue weighted by Crippen LogP contribution is 2.35. The molecule has 0 bridgehead atoms. The zero-order chi connectivity index (χ0) is 22.2. The molecule has 2 fully saturated rings. The molecule has 172 valence electrons. The standard InChI is InChI=1S/C24H37N3O4/c1-4-30-21-13-12-19(15-22(21)31-5-2)25-23(28)16-26(3)17-24(29)27-14-8-10-18-9-6-7-11-20(18)27/h12-13,15,18,20H,4-11,14,16-17H2,1-3H3,(H,25,28)/t18-,20-/m0/s1. The maximum absolute atomic E-state index is 12.9. The van der Waals surface area contributed by atoms with Crippen LogP contribution in [0.3, 0.4) is 0 Å². The van der Waals surface area contributed by atoms with E-state index in [-0.39, 0.29) is 24.9 Å². The number of hydrogen-bond donors (Lipinski definition) is 1. The number of amides is 2. The van der Waals surface area contributed by atoms with Crippen molar-refractivity contribution in [3.05, 3.63) is 18.2 Å². The maximum atomic E-state index is 12.9. The van der Waals surface area contributed by atoms with Crippen LogP contribution in [-0.2, 0) is 9.59 Å². The van der Waals surface area contributed by atoms with Gasteiger partial charge in [0.1, 0.15) is 0 Å². The third-order valence-electron chi connectivity index (χ3n) is 6.21. The van der Waals surface area contributed by atoms with E-state index in [1.165, 1.54) is 25.7 Å². The van der Waals surface area contributed by atoms with Gasteiger partial charge < -0.3 is 19.7 Å². The van der Waals surface area contributed by atoms with Gasteiger partial charge in [0.2, 0.25) is 11.8 Å². The molecular weight excluding hydrogens is 394 g/mol. The Morgan fingerprint density at radius 1 is 1.03 bits per heavy atom. The Morgan fingerprint density at radius 3 is 2.52 bits per heavy atom. The highest BCUT2D eigenvalue weighted by atomic mass is 16.5. The largest absolute Gasteiger partial charge is 0.490 e. The minimum absolute atomic E-state index is 0.145. The summed E-state index contributed by atoms with van der Waals surface area (Å²) in [7, 11) is 1.82. The van der Waals surface area contributed by atoms with Crippen LogP contribution in [0.1, 0.15) is 52.4 Å². The van der Waals surface area contributed by atoms with E-state index >= 15 is 0 Å². The second-order valence-electron chi connectivity index (χ2n) is 8.59. The van der Waals surface area contributed by atoms with E-state index in [1.807, 2.05) is 20.9 Å². The van der Waals surface area contributed by atoms with E-state index in [4.69, 9.17) is 9.47 Å². The van der Waals surface area contributed by atoms with Crippen LogP contribution in [0.25, 0.3) is 0 Å². The van der Waals surface area contributed by atoms with Crippen molar-refractivity contribution in [1.82, 2.24) is 9.80 Å². The van der Waals surface area contributed by atoms with Crippen molar-refractivity contribution in [2.45, 2.75) is 58.4 Å². The van der Waals surface area contributed by atoms with E-state index in [0.29, 0.717) is 42.4 Å². The number of fused-ring (bicyclic) bond motifs is 1. The van der Waals surface area contributed by atoms with Crippen molar-refractivity contribution in [2.75, 3.05) is 45.2 Å². The molecule has 1 aromatic rings. The Hall–Kier alpha value is -2.28. The molecule has 7 heteroatoms. The quantitative estimate of drug-likeness (QED) is 0.648. The van der Waals surface area contributed by atoms with Crippen LogP contribution < -0.4 is 14.8 Å². The number of anilines is 1. The number of piperidine rings is 1. The Kier molecular flexibility index (Phi) is 8.58. The van der Waals surface area contributed by atoms with Crippen LogP contribution in [0.4, 0.5) is 5.69 Å². The first kappa shape index (κ1) is 23.4. The summed E-state index contributed by atoms with van der Waals surface area (Å²) in [6.45, 7) is 6.16. The fourth-order valence-electron chi connectivity index (χ4n) is 4.89. The number of ether oxygens (including phenoxy) is 2. The van der Waals surface area contributed by atoms with E-state index in [2.05, 4.69) is 10.2 Å². The van der Waals surface area contributed by atoms with Crippen LogP contribution in [0, 0.1) is 5.92 Å². The highest BCUT2D eigenvalue weighted by molar-refractivity contribution is 5.93. The number of likely N-dealkylation sites (N-methyl/N-ethyl adjacent to an activating group) is 1. The van der Waals surface area contributed by atoms with Gasteiger partial charge in [0.25, 0.3) is 0 Å². The predicted molar refractivity (Wildman–Crippen MR) is 122 cm³/mol. The molecule has 1 N–H and O–H groups in total. The molecule has 31 heavy (non-hydrogen) atoms. The van der Waals surface area contributed by atoms with Gasteiger partial charge in [-0.2, -0.15) is 0 Å². The minimum Gasteiger partial charge on any atom is -0.490 e. The van der Waals surface area contributed by atoms with Gasteiger partial charge in [0, 0.05) is 24.3 Å². The first-order valence-corrected chi connectivity index (χ1v) is 11.7. The normalized spacial score (nSPS) is 20.8. The fourth-order valence-corrected chi connectivity index (χ4v) is 4.89. The van der Waals surface area contributed by atoms with E-state index in [0.717, 1.165) is 19.4 Å². The van der Waals surface area contributed by atoms with Gasteiger partial charge in [-0.05, 0) is 64.6 Å². The molecule has 2 aliphatic rings. The second-order valence-corrected chi connectivity index (χ2v) is 8.59. The Labute approximate surface area is 186 Å². The van der Waals surface area contributed by atoms with Crippen LogP contribution in [0.2, 0.25) is 0 Å². The van der Waals surface area contributed by atoms with Gasteiger partial charge in [-0.15, -0.1) is 0 Å². The number of rotatable bonds is 9. The summed E-state index contributed by atoms with van der Waals surface area (Å²) in [4.78, 5) is 29.4. The summed E-state index contributed by atoms with van der Waals surface area (Å²) < 4.78 is 11.2. The molecular formula is C24H37N3O4. The summed E-state index contributed by atoms with van der Waals surface area (Å²) in [6.07, 6.45) is 7.23. The average molecular weight is 432 g/mol. The molecule has 0 radical (unpaired) electrons. The Balaban J connectivity index is 1.52. The van der Waals surface area contributed by atoms with Crippen molar-refractivity contribution < 1.29 is 19.1 Å². The molecule has 1 aliphatic carbocycles. The SMILES string of the molecule is CCOc1ccc(NC(=O)CN(C)CC(=O)N2CCC[C@@H]3CCCC[C@@H]32)cc1OCC. The number of carbonyl (C=O) groups excluding carboxylic acids is 2. The fraction of sp³-hybridized carbons (Fsp3) is 0.667. The van der Waals surface area contributed by atoms with Crippen molar-refractivity contribution in [2.24, 2.45) is 5.92 Å². The molecule has 3 rings (SSSR count). The third kappa shape index (κ3) is 6.35. The van der Waals surface area contributed by atoms with Gasteiger partial charge in [0.15, 0.2) is 11.5 Å². The number of nitrogens with zero attached hydrogens (tertiary/aromatic N) is 2. The van der Waals surface area contributed by atoms with Crippen molar-refractivity contribution in [3.8, 4) is 11.5 Å². The summed E-state index contributed by atoms with van der Waals surface area (Å²) in [5.41, 5.74) is 0.651. The van der Waals surface area contributed by atoms with Gasteiger partial charge in [0.05, 0.1) is 26.3 Å². The number of hydrogen-bond acceptors (Lipinski definition) is 5. The van der Waals surface area contributed by atoms with E-state index in [9.17, 15) is 9.59 Å². The molecule has 1 saturated heterocycles. The Morgan fingerprint density at radius 2 is 1.74 bits per heavy atom. The lowest BCUT2D eigenvalue weighted by Gasteiger charge is -2.44. The van der Waals surface area contributed by atoms with Crippen molar-refractivity contribution >= 4 is 17.5 Å². The molecule has 0 aromatic heterocycles. The average Bonchev–Trinajstić information content (AvgIpc) is 2.75. The lowest BCUT2D eigenvalue weighted by atomic mass is 9.78. The summed E-state index contributed by atoms with van der Waals surface area (Å²) >= 11 is 0. The molecule has 0 spiro atoms. The molecule has 1 aliphatic heterocycles. The van der Waals surface area contributed by atoms with Crippen molar-refractivity contribution in [3.63, 3.8) is 0 Å². The summed E-state index contributed by atoms with van der Waals surface area (Å²) in [5.74, 6) is 1.92. The zero-order valence-electron chi connectivity index (χ0n) is 19.2. The topological polar surface area (TPSA) is 71.1 Å². The third-order valence-corrected chi connectivity index (χ3v) is 6.21. The molecule has 2 atom stereocenters. The van der Waals surface area contributed by atoms with E-state index < -0.39 is 0 Å². The second kappa shape index (κ2) is 11.4. The van der Waals surface area contributed by atoms with Gasteiger partial charge in [-0.25, -0.2) is 0 Å². The molecule has 0 unspecified atom stereocenters. The van der Waals surface area contributed by atoms with Gasteiger partial charge in [-0.3, -0.25) is 14.5 Å². The van der Waals surface area contributed by atoms with Crippen LogP contribution in [-0.4, -0.2) is 67.6 Å². The lowest BCUT2D eigenvalue weighted by molar-refractivity contribution is -0.138. The van der Waals surface area contributed by atoms with Gasteiger partial charge >= 0.3 is 0 Å². The maximum Gasteiger partial charge on any atom is 0.238 e. The van der Waals surface area contributed by atoms with Crippen LogP contribution in [0.5, 0.6) is 11.5 Å². The number of nitrogens with one attached hydrogen (secondary N) is 1.